The Hall–Kier alpha value is -3.56. The molecule has 2 N–H and O–H groups in total. The maximum absolute atomic E-state index is 12.3. The molecule has 1 saturated heterocycles. The lowest BCUT2D eigenvalue weighted by Gasteiger charge is -2.21. The molecule has 1 aromatic carbocycles. The Labute approximate surface area is 222 Å². The van der Waals surface area contributed by atoms with Crippen LogP contribution >= 0.6 is 0 Å². The predicted molar refractivity (Wildman–Crippen MR) is 153 cm³/mol. The summed E-state index contributed by atoms with van der Waals surface area (Å²) in [4.78, 5) is 14.3. The second kappa shape index (κ2) is 9.03. The van der Waals surface area contributed by atoms with E-state index in [1.807, 2.05) is 18.3 Å². The number of aromatic nitrogens is 4. The molecular formula is C29H31N7OS. The van der Waals surface area contributed by atoms with Crippen molar-refractivity contribution in [3.63, 3.8) is 0 Å². The van der Waals surface area contributed by atoms with Gasteiger partial charge in [-0.15, -0.1) is 0 Å². The lowest BCUT2D eigenvalue weighted by atomic mass is 9.96. The Bertz CT molecular complexity index is 1690. The molecular weight excluding hydrogens is 494 g/mol. The maximum Gasteiger partial charge on any atom is 0.229 e. The molecule has 194 valence electrons. The van der Waals surface area contributed by atoms with Crippen molar-refractivity contribution < 1.29 is 4.21 Å². The van der Waals surface area contributed by atoms with Crippen molar-refractivity contribution in [3.8, 4) is 5.82 Å². The number of nitrogens with zero attached hydrogens (tertiary/aromatic N) is 5. The van der Waals surface area contributed by atoms with Gasteiger partial charge in [0.15, 0.2) is 11.5 Å². The normalized spacial score (nSPS) is 20.9. The Balaban J connectivity index is 1.21. The van der Waals surface area contributed by atoms with E-state index in [0.717, 1.165) is 41.8 Å². The molecule has 1 saturated carbocycles. The fourth-order valence-corrected chi connectivity index (χ4v) is 6.18. The Morgan fingerprint density at radius 2 is 1.89 bits per heavy atom. The number of fused-ring (bicyclic) bond motifs is 3. The zero-order valence-electron chi connectivity index (χ0n) is 21.6. The van der Waals surface area contributed by atoms with Crippen molar-refractivity contribution in [3.05, 3.63) is 72.1 Å². The van der Waals surface area contributed by atoms with Crippen LogP contribution in [0.1, 0.15) is 49.3 Å². The van der Waals surface area contributed by atoms with Gasteiger partial charge in [-0.25, -0.2) is 14.2 Å². The van der Waals surface area contributed by atoms with Gasteiger partial charge in [0.2, 0.25) is 5.95 Å². The summed E-state index contributed by atoms with van der Waals surface area (Å²) < 4.78 is 18.7. The summed E-state index contributed by atoms with van der Waals surface area (Å²) in [5.41, 5.74) is 5.65. The lowest BCUT2D eigenvalue weighted by Crippen LogP contribution is -2.31. The lowest BCUT2D eigenvalue weighted by molar-refractivity contribution is 0.575. The van der Waals surface area contributed by atoms with E-state index in [2.05, 4.69) is 61.0 Å². The summed E-state index contributed by atoms with van der Waals surface area (Å²) in [6.07, 6.45) is 13.4. The monoisotopic (exact) mass is 525 g/mol. The highest BCUT2D eigenvalue weighted by Gasteiger charge is 2.30. The third-order valence-corrected chi connectivity index (χ3v) is 8.11. The average molecular weight is 526 g/mol. The number of pyridine rings is 1. The minimum absolute atomic E-state index is 0.463. The van der Waals surface area contributed by atoms with Crippen LogP contribution in [0.5, 0.6) is 0 Å². The SMILES string of the molecule is CS(C)(=O)=Nc1cccc(-n2c(C3CC3)cc3cnc(Nc4ccc(C5=C[C@@H]6CC[C@H](C5)N6)cc4)nc32)n1. The molecule has 7 rings (SSSR count). The van der Waals surface area contributed by atoms with Crippen molar-refractivity contribution in [2.45, 2.75) is 50.1 Å². The van der Waals surface area contributed by atoms with Gasteiger partial charge in [0, 0.05) is 57.3 Å². The first-order chi connectivity index (χ1) is 18.4. The van der Waals surface area contributed by atoms with Crippen molar-refractivity contribution in [2.24, 2.45) is 4.36 Å². The predicted octanol–water partition coefficient (Wildman–Crippen LogP) is 5.70. The largest absolute Gasteiger partial charge is 0.324 e. The van der Waals surface area contributed by atoms with Gasteiger partial charge in [0.25, 0.3) is 0 Å². The van der Waals surface area contributed by atoms with Crippen LogP contribution in [0.25, 0.3) is 22.4 Å². The summed E-state index contributed by atoms with van der Waals surface area (Å²) in [6.45, 7) is 0. The van der Waals surface area contributed by atoms with E-state index in [0.29, 0.717) is 29.8 Å². The number of hydrogen-bond donors (Lipinski definition) is 2. The minimum atomic E-state index is -2.31. The van der Waals surface area contributed by atoms with Gasteiger partial charge in [-0.05, 0) is 79.5 Å². The van der Waals surface area contributed by atoms with E-state index in [1.54, 1.807) is 18.6 Å². The molecule has 5 heterocycles. The van der Waals surface area contributed by atoms with Gasteiger partial charge in [-0.1, -0.05) is 24.3 Å². The van der Waals surface area contributed by atoms with Crippen LogP contribution < -0.4 is 10.6 Å². The third kappa shape index (κ3) is 4.72. The molecule has 3 aliphatic rings. The molecule has 2 fully saturated rings. The first-order valence-corrected chi connectivity index (χ1v) is 15.6. The highest BCUT2D eigenvalue weighted by Crippen LogP contribution is 2.43. The summed E-state index contributed by atoms with van der Waals surface area (Å²) in [5.74, 6) is 2.21. The average Bonchev–Trinajstić information content (AvgIpc) is 3.59. The first-order valence-electron chi connectivity index (χ1n) is 13.3. The van der Waals surface area contributed by atoms with Crippen LogP contribution in [-0.4, -0.2) is 48.3 Å². The molecule has 0 amide bonds. The maximum atomic E-state index is 12.3. The summed E-state index contributed by atoms with van der Waals surface area (Å²) >= 11 is 0. The van der Waals surface area contributed by atoms with Crippen LogP contribution in [0.4, 0.5) is 17.5 Å². The highest BCUT2D eigenvalue weighted by atomic mass is 32.2. The van der Waals surface area contributed by atoms with Gasteiger partial charge >= 0.3 is 0 Å². The van der Waals surface area contributed by atoms with Gasteiger partial charge in [0.05, 0.1) is 0 Å². The molecule has 3 aromatic heterocycles. The van der Waals surface area contributed by atoms with E-state index in [9.17, 15) is 4.21 Å². The molecule has 0 unspecified atom stereocenters. The smallest absolute Gasteiger partial charge is 0.229 e. The molecule has 2 atom stereocenters. The van der Waals surface area contributed by atoms with E-state index < -0.39 is 9.73 Å². The van der Waals surface area contributed by atoms with Crippen LogP contribution in [0.3, 0.4) is 0 Å². The van der Waals surface area contributed by atoms with Crippen LogP contribution in [0, 0.1) is 0 Å². The summed E-state index contributed by atoms with van der Waals surface area (Å²) in [6, 6.07) is 17.5. The van der Waals surface area contributed by atoms with Crippen LogP contribution in [-0.2, 0) is 9.73 Å². The molecule has 8 nitrogen and oxygen atoms in total. The zero-order valence-corrected chi connectivity index (χ0v) is 22.4. The fraction of sp³-hybridized carbons (Fsp3) is 0.345. The fourth-order valence-electron chi connectivity index (χ4n) is 5.63. The second-order valence-electron chi connectivity index (χ2n) is 10.9. The first kappa shape index (κ1) is 23.5. The highest BCUT2D eigenvalue weighted by molar-refractivity contribution is 7.92. The summed E-state index contributed by atoms with van der Waals surface area (Å²) in [5, 5.41) is 8.02. The second-order valence-corrected chi connectivity index (χ2v) is 13.5. The third-order valence-electron chi connectivity index (χ3n) is 7.48. The Morgan fingerprint density at radius 3 is 2.66 bits per heavy atom. The number of hydrogen-bond acceptors (Lipinski definition) is 7. The van der Waals surface area contributed by atoms with Gasteiger partial charge < -0.3 is 10.6 Å². The molecule has 4 aromatic rings. The molecule has 2 aliphatic heterocycles. The van der Waals surface area contributed by atoms with Gasteiger partial charge in [0.1, 0.15) is 5.82 Å². The van der Waals surface area contributed by atoms with Gasteiger partial charge in [-0.2, -0.15) is 9.35 Å². The van der Waals surface area contributed by atoms with Crippen LogP contribution in [0.2, 0.25) is 0 Å². The van der Waals surface area contributed by atoms with Crippen molar-refractivity contribution in [1.29, 1.82) is 0 Å². The quantitative estimate of drug-likeness (QED) is 0.335. The molecule has 38 heavy (non-hydrogen) atoms. The van der Waals surface area contributed by atoms with Crippen molar-refractivity contribution >= 4 is 43.8 Å². The standard InChI is InChI=1S/C29H31N7OS/c1-38(2,37)35-26-4-3-5-27(33-26)36-25(19-6-7-19)16-21-17-30-29(34-28(21)36)32-22-10-8-18(9-11-22)20-14-23-12-13-24(15-20)31-23/h3-5,8-11,14,16-17,19,23-24,31H,6-7,12-13,15H2,1-2H3,(H,30,32,34)/t23-,24+/m0/s1. The summed E-state index contributed by atoms with van der Waals surface area (Å²) in [7, 11) is -2.31. The molecule has 0 radical (unpaired) electrons. The van der Waals surface area contributed by atoms with E-state index in [-0.39, 0.29) is 0 Å². The molecule has 1 aliphatic carbocycles. The van der Waals surface area contributed by atoms with Crippen LogP contribution in [0.15, 0.2) is 65.2 Å². The van der Waals surface area contributed by atoms with E-state index in [4.69, 9.17) is 9.97 Å². The van der Waals surface area contributed by atoms with E-state index >= 15 is 0 Å². The molecule has 9 heteroatoms. The zero-order chi connectivity index (χ0) is 25.9. The number of anilines is 2. The molecule has 2 bridgehead atoms. The van der Waals surface area contributed by atoms with Crippen molar-refractivity contribution in [2.75, 3.05) is 17.8 Å². The van der Waals surface area contributed by atoms with E-state index in [1.165, 1.54) is 29.7 Å². The number of nitrogens with one attached hydrogen (secondary N) is 2. The van der Waals surface area contributed by atoms with Gasteiger partial charge in [-0.3, -0.25) is 4.57 Å². The number of rotatable bonds is 6. The minimum Gasteiger partial charge on any atom is -0.324 e. The Morgan fingerprint density at radius 1 is 1.05 bits per heavy atom. The van der Waals surface area contributed by atoms with Crippen molar-refractivity contribution in [1.82, 2.24) is 24.8 Å². The number of benzene rings is 1. The Kier molecular flexibility index (Phi) is 5.59. The molecule has 0 spiro atoms. The topological polar surface area (TPSA) is 97.1 Å².